The van der Waals surface area contributed by atoms with Gasteiger partial charge in [0, 0.05) is 15.4 Å². The molecular weight excluding hydrogens is 438 g/mol. The zero-order valence-corrected chi connectivity index (χ0v) is 17.7. The van der Waals surface area contributed by atoms with Gasteiger partial charge in [0.2, 0.25) is 11.6 Å². The lowest BCUT2D eigenvalue weighted by Gasteiger charge is -2.06. The van der Waals surface area contributed by atoms with Crippen molar-refractivity contribution in [3.63, 3.8) is 0 Å². The van der Waals surface area contributed by atoms with Gasteiger partial charge in [0.25, 0.3) is 0 Å². The van der Waals surface area contributed by atoms with E-state index in [0.29, 0.717) is 6.54 Å². The number of rotatable bonds is 5. The van der Waals surface area contributed by atoms with Crippen LogP contribution in [0.1, 0.15) is 12.5 Å². The lowest BCUT2D eigenvalue weighted by Crippen LogP contribution is -2.13. The van der Waals surface area contributed by atoms with Crippen LogP contribution in [0.25, 0.3) is 11.3 Å². The summed E-state index contributed by atoms with van der Waals surface area (Å²) >= 11 is 5.19. The predicted molar refractivity (Wildman–Crippen MR) is 116 cm³/mol. The fourth-order valence-corrected chi connectivity index (χ4v) is 4.01. The fraction of sp³-hybridized carbons (Fsp3) is 0.143. The summed E-state index contributed by atoms with van der Waals surface area (Å²) in [5.74, 6) is 1.49. The van der Waals surface area contributed by atoms with Crippen LogP contribution in [-0.2, 0) is 0 Å². The third kappa shape index (κ3) is 3.95. The molecule has 28 heavy (non-hydrogen) atoms. The minimum Gasteiger partial charge on any atom is -0.454 e. The van der Waals surface area contributed by atoms with E-state index in [0.717, 1.165) is 43.2 Å². The molecule has 0 bridgehead atoms. The first-order valence-electron chi connectivity index (χ1n) is 8.66. The van der Waals surface area contributed by atoms with Gasteiger partial charge in [-0.2, -0.15) is 5.10 Å². The van der Waals surface area contributed by atoms with Gasteiger partial charge in [0.1, 0.15) is 0 Å². The molecule has 4 rings (SSSR count). The highest BCUT2D eigenvalue weighted by Gasteiger charge is 2.13. The summed E-state index contributed by atoms with van der Waals surface area (Å²) in [5.41, 5.74) is 3.95. The zero-order valence-electron chi connectivity index (χ0n) is 15.3. The number of fused-ring (bicyclic) bond motifs is 1. The van der Waals surface area contributed by atoms with E-state index in [2.05, 4.69) is 38.9 Å². The highest BCUT2D eigenvalue weighted by Crippen LogP contribution is 2.32. The van der Waals surface area contributed by atoms with Crippen LogP contribution in [0.4, 0.5) is 0 Å². The average Bonchev–Trinajstić information content (AvgIpc) is 3.31. The summed E-state index contributed by atoms with van der Waals surface area (Å²) in [7, 11) is 0. The van der Waals surface area contributed by atoms with Crippen molar-refractivity contribution in [1.29, 1.82) is 0 Å². The largest absolute Gasteiger partial charge is 0.454 e. The number of thiazole rings is 1. The molecule has 2 heterocycles. The molecule has 0 aliphatic carbocycles. The van der Waals surface area contributed by atoms with Gasteiger partial charge < -0.3 is 9.47 Å². The maximum absolute atomic E-state index is 5.45. The van der Waals surface area contributed by atoms with Gasteiger partial charge in [-0.1, -0.05) is 46.3 Å². The van der Waals surface area contributed by atoms with Crippen molar-refractivity contribution in [2.75, 3.05) is 13.3 Å². The van der Waals surface area contributed by atoms with Crippen molar-refractivity contribution in [2.45, 2.75) is 6.92 Å². The van der Waals surface area contributed by atoms with Gasteiger partial charge in [-0.25, -0.2) is 4.68 Å². The normalized spacial score (nSPS) is 13.4. The number of benzene rings is 2. The Kier molecular flexibility index (Phi) is 5.45. The standard InChI is InChI=1S/C21H18BrN3O2S/c1-14(2)10-23-21-25(18(12-28-21)16-5-3-4-6-17(16)22)24-11-15-7-8-19-20(9-15)27-13-26-19/h3-9,11-12H,1,10,13H2,2H3. The van der Waals surface area contributed by atoms with Crippen LogP contribution in [0, 0.1) is 0 Å². The van der Waals surface area contributed by atoms with Crippen LogP contribution >= 0.6 is 27.3 Å². The molecule has 0 unspecified atom stereocenters. The summed E-state index contributed by atoms with van der Waals surface area (Å²) in [6, 6.07) is 13.8. The summed E-state index contributed by atoms with van der Waals surface area (Å²) in [6.07, 6.45) is 1.80. The first-order chi connectivity index (χ1) is 13.6. The van der Waals surface area contributed by atoms with Gasteiger partial charge in [0.05, 0.1) is 18.5 Å². The molecule has 0 N–H and O–H groups in total. The second-order valence-corrected chi connectivity index (χ2v) is 8.02. The van der Waals surface area contributed by atoms with E-state index in [-0.39, 0.29) is 6.79 Å². The van der Waals surface area contributed by atoms with E-state index in [1.54, 1.807) is 17.6 Å². The Morgan fingerprint density at radius 1 is 1.25 bits per heavy atom. The van der Waals surface area contributed by atoms with Crippen molar-refractivity contribution in [1.82, 2.24) is 4.68 Å². The van der Waals surface area contributed by atoms with E-state index in [1.165, 1.54) is 0 Å². The summed E-state index contributed by atoms with van der Waals surface area (Å²) in [6.45, 7) is 6.72. The predicted octanol–water partition coefficient (Wildman–Crippen LogP) is 5.07. The molecule has 142 valence electrons. The molecule has 5 nitrogen and oxygen atoms in total. The summed E-state index contributed by atoms with van der Waals surface area (Å²) in [5, 5.41) is 6.78. The number of halogens is 1. The Hall–Kier alpha value is -2.64. The van der Waals surface area contributed by atoms with E-state index < -0.39 is 0 Å². The first-order valence-corrected chi connectivity index (χ1v) is 10.3. The number of nitrogens with zero attached hydrogens (tertiary/aromatic N) is 3. The van der Waals surface area contributed by atoms with Crippen LogP contribution in [0.2, 0.25) is 0 Å². The highest BCUT2D eigenvalue weighted by molar-refractivity contribution is 9.10. The van der Waals surface area contributed by atoms with Gasteiger partial charge >= 0.3 is 0 Å². The van der Waals surface area contributed by atoms with Crippen molar-refractivity contribution < 1.29 is 9.47 Å². The topological polar surface area (TPSA) is 48.1 Å². The number of hydrogen-bond donors (Lipinski definition) is 0. The monoisotopic (exact) mass is 455 g/mol. The Morgan fingerprint density at radius 3 is 2.89 bits per heavy atom. The maximum atomic E-state index is 5.45. The molecule has 0 saturated carbocycles. The molecule has 0 atom stereocenters. The number of hydrogen-bond acceptors (Lipinski definition) is 5. The van der Waals surface area contributed by atoms with E-state index >= 15 is 0 Å². The third-order valence-corrected chi connectivity index (χ3v) is 5.58. The third-order valence-electron chi connectivity index (χ3n) is 4.04. The Labute approximate surface area is 175 Å². The van der Waals surface area contributed by atoms with Crippen LogP contribution in [0.5, 0.6) is 11.5 Å². The molecule has 1 aliphatic rings. The lowest BCUT2D eigenvalue weighted by molar-refractivity contribution is 0.174. The van der Waals surface area contributed by atoms with Gasteiger partial charge in [0.15, 0.2) is 11.5 Å². The van der Waals surface area contributed by atoms with Crippen molar-refractivity contribution in [2.24, 2.45) is 10.1 Å². The molecular formula is C21H18BrN3O2S. The van der Waals surface area contributed by atoms with E-state index in [9.17, 15) is 0 Å². The second kappa shape index (κ2) is 8.16. The Bertz CT molecular complexity index is 1130. The van der Waals surface area contributed by atoms with Crippen LogP contribution in [0.15, 0.2) is 74.6 Å². The van der Waals surface area contributed by atoms with Crippen LogP contribution < -0.4 is 14.3 Å². The van der Waals surface area contributed by atoms with Gasteiger partial charge in [-0.05, 0) is 36.8 Å². The molecule has 2 aromatic carbocycles. The molecule has 0 amide bonds. The summed E-state index contributed by atoms with van der Waals surface area (Å²) in [4.78, 5) is 5.47. The molecule has 3 aromatic rings. The molecule has 0 radical (unpaired) electrons. The van der Waals surface area contributed by atoms with E-state index in [1.807, 2.05) is 48.0 Å². The summed E-state index contributed by atoms with van der Waals surface area (Å²) < 4.78 is 13.7. The van der Waals surface area contributed by atoms with Crippen LogP contribution in [-0.4, -0.2) is 24.2 Å². The quantitative estimate of drug-likeness (QED) is 0.398. The van der Waals surface area contributed by atoms with Crippen LogP contribution in [0.3, 0.4) is 0 Å². The Morgan fingerprint density at radius 2 is 2.07 bits per heavy atom. The highest BCUT2D eigenvalue weighted by atomic mass is 79.9. The molecule has 0 saturated heterocycles. The first kappa shape index (κ1) is 18.7. The molecule has 0 fully saturated rings. The number of ether oxygens (including phenoxy) is 2. The van der Waals surface area contributed by atoms with Crippen molar-refractivity contribution in [3.05, 3.63) is 74.8 Å². The lowest BCUT2D eigenvalue weighted by atomic mass is 10.2. The molecule has 1 aliphatic heterocycles. The fourth-order valence-electron chi connectivity index (χ4n) is 2.69. The number of aromatic nitrogens is 1. The Balaban J connectivity index is 1.77. The molecule has 1 aromatic heterocycles. The minimum atomic E-state index is 0.255. The van der Waals surface area contributed by atoms with E-state index in [4.69, 9.17) is 14.6 Å². The maximum Gasteiger partial charge on any atom is 0.231 e. The van der Waals surface area contributed by atoms with Gasteiger partial charge in [-0.3, -0.25) is 4.99 Å². The van der Waals surface area contributed by atoms with Crippen molar-refractivity contribution in [3.8, 4) is 22.8 Å². The molecule has 7 heteroatoms. The molecule has 0 spiro atoms. The SMILES string of the molecule is C=C(C)CN=c1scc(-c2ccccc2Br)n1N=Cc1ccc2c(c1)OCO2. The van der Waals surface area contributed by atoms with Gasteiger partial charge in [-0.15, -0.1) is 11.3 Å². The van der Waals surface area contributed by atoms with Crippen molar-refractivity contribution >= 4 is 33.5 Å². The minimum absolute atomic E-state index is 0.255. The second-order valence-electron chi connectivity index (χ2n) is 6.33. The zero-order chi connectivity index (χ0) is 19.5. The average molecular weight is 456 g/mol. The smallest absolute Gasteiger partial charge is 0.231 e.